The van der Waals surface area contributed by atoms with Crippen LogP contribution >= 0.6 is 0 Å². The molecule has 0 fully saturated rings. The van der Waals surface area contributed by atoms with E-state index >= 15 is 0 Å². The van der Waals surface area contributed by atoms with Gasteiger partial charge in [-0.25, -0.2) is 14.4 Å². The zero-order valence-electron chi connectivity index (χ0n) is 28.8. The normalized spacial score (nSPS) is 12.1. The third-order valence-corrected chi connectivity index (χ3v) is 7.31. The summed E-state index contributed by atoms with van der Waals surface area (Å²) in [6.45, 7) is 2.69. The van der Waals surface area contributed by atoms with Gasteiger partial charge in [-0.15, -0.1) is 0 Å². The molecule has 0 bridgehead atoms. The van der Waals surface area contributed by atoms with Crippen LogP contribution in [0.15, 0.2) is 66.7 Å². The van der Waals surface area contributed by atoms with Crippen LogP contribution < -0.4 is 9.47 Å². The first-order chi connectivity index (χ1) is 24.4. The lowest BCUT2D eigenvalue weighted by Gasteiger charge is -2.21. The van der Waals surface area contributed by atoms with Gasteiger partial charge in [0.05, 0.1) is 23.3 Å². The summed E-state index contributed by atoms with van der Waals surface area (Å²) in [6.07, 6.45) is 0. The number of aliphatic carboxylic acids is 1. The molecule has 3 N–H and O–H groups in total. The van der Waals surface area contributed by atoms with E-state index in [0.29, 0.717) is 11.5 Å². The molecule has 0 aliphatic rings. The Labute approximate surface area is 298 Å². The number of ketones is 3. The van der Waals surface area contributed by atoms with Crippen molar-refractivity contribution in [2.24, 2.45) is 5.41 Å². The fraction of sp³-hybridized carbons (Fsp3) is 0.324. The minimum Gasteiger partial charge on any atom is -0.490 e. The molecule has 0 aliphatic heterocycles. The molecule has 3 rings (SSSR count). The van der Waals surface area contributed by atoms with Gasteiger partial charge in [0.1, 0.15) is 55.5 Å². The van der Waals surface area contributed by atoms with Gasteiger partial charge in [-0.3, -0.25) is 19.2 Å². The Balaban J connectivity index is 1.67. The third-order valence-electron chi connectivity index (χ3n) is 7.31. The Morgan fingerprint density at radius 3 is 1.37 bits per heavy atom. The predicted octanol–water partition coefficient (Wildman–Crippen LogP) is 3.12. The van der Waals surface area contributed by atoms with Crippen molar-refractivity contribution in [1.82, 2.24) is 0 Å². The lowest BCUT2D eigenvalue weighted by Crippen LogP contribution is -2.37. The zero-order chi connectivity index (χ0) is 38.6. The Kier molecular flexibility index (Phi) is 13.9. The van der Waals surface area contributed by atoms with Crippen LogP contribution in [-0.2, 0) is 23.8 Å². The zero-order valence-corrected chi connectivity index (χ0v) is 28.8. The van der Waals surface area contributed by atoms with Gasteiger partial charge in [0, 0.05) is 18.1 Å². The summed E-state index contributed by atoms with van der Waals surface area (Å²) >= 11 is 0. The van der Waals surface area contributed by atoms with Crippen LogP contribution in [0.25, 0.3) is 0 Å². The minimum absolute atomic E-state index is 0.119. The highest BCUT2D eigenvalue weighted by Crippen LogP contribution is 2.20. The average Bonchev–Trinajstić information content (AvgIpc) is 3.12. The van der Waals surface area contributed by atoms with Crippen LogP contribution in [0.3, 0.4) is 0 Å². The number of carbonyl (C=O) groups is 7. The van der Waals surface area contributed by atoms with Crippen molar-refractivity contribution >= 4 is 41.2 Å². The highest BCUT2D eigenvalue weighted by molar-refractivity contribution is 6.42. The van der Waals surface area contributed by atoms with E-state index in [-0.39, 0.29) is 54.2 Å². The number of carboxylic acid groups (broad SMARTS) is 1. The molecule has 0 aromatic heterocycles. The van der Waals surface area contributed by atoms with Crippen LogP contribution in [0.4, 0.5) is 0 Å². The summed E-state index contributed by atoms with van der Waals surface area (Å²) < 4.78 is 26.6. The molecule has 0 aliphatic carbocycles. The molecule has 15 nitrogen and oxygen atoms in total. The summed E-state index contributed by atoms with van der Waals surface area (Å²) in [5, 5.41) is 28.8. The van der Waals surface area contributed by atoms with Gasteiger partial charge >= 0.3 is 23.9 Å². The Bertz CT molecular complexity index is 1800. The molecule has 0 spiro atoms. The fourth-order valence-corrected chi connectivity index (χ4v) is 4.18. The largest absolute Gasteiger partial charge is 0.490 e. The van der Waals surface area contributed by atoms with Crippen molar-refractivity contribution in [1.29, 1.82) is 0 Å². The maximum Gasteiger partial charge on any atom is 0.338 e. The molecule has 52 heavy (non-hydrogen) atoms. The minimum atomic E-state index is -1.82. The van der Waals surface area contributed by atoms with Gasteiger partial charge in [0.25, 0.3) is 0 Å². The molecule has 0 amide bonds. The lowest BCUT2D eigenvalue weighted by molar-refractivity contribution is -0.153. The van der Waals surface area contributed by atoms with Crippen LogP contribution in [0, 0.1) is 5.41 Å². The molecular formula is C37H38O15. The maximum atomic E-state index is 13.0. The van der Waals surface area contributed by atoms with Gasteiger partial charge in [-0.2, -0.15) is 0 Å². The summed E-state index contributed by atoms with van der Waals surface area (Å²) in [6, 6.07) is 14.9. The number of aliphatic hydroxyl groups is 2. The average molecular weight is 723 g/mol. The second kappa shape index (κ2) is 17.8. The summed E-state index contributed by atoms with van der Waals surface area (Å²) in [5.41, 5.74) is -3.74. The summed E-state index contributed by atoms with van der Waals surface area (Å²) in [7, 11) is 0. The predicted molar refractivity (Wildman–Crippen MR) is 180 cm³/mol. The van der Waals surface area contributed by atoms with E-state index in [4.69, 9.17) is 23.7 Å². The Morgan fingerprint density at radius 2 is 1.00 bits per heavy atom. The second-order valence-corrected chi connectivity index (χ2v) is 12.2. The van der Waals surface area contributed by atoms with Crippen LogP contribution in [0.1, 0.15) is 79.5 Å². The van der Waals surface area contributed by atoms with E-state index in [2.05, 4.69) is 0 Å². The number of carboxylic acids is 1. The quantitative estimate of drug-likeness (QED) is 0.0531. The molecule has 0 saturated carbocycles. The molecule has 1 atom stereocenters. The molecule has 0 saturated heterocycles. The topological polar surface area (TPSA) is 226 Å². The number of hydrogen-bond acceptors (Lipinski definition) is 14. The number of esters is 3. The first-order valence-electron chi connectivity index (χ1n) is 15.7. The van der Waals surface area contributed by atoms with Crippen molar-refractivity contribution in [2.75, 3.05) is 39.6 Å². The van der Waals surface area contributed by atoms with Crippen LogP contribution in [-0.4, -0.2) is 102 Å². The van der Waals surface area contributed by atoms with Gasteiger partial charge in [0.2, 0.25) is 5.78 Å². The number of hydrogen-bond donors (Lipinski definition) is 3. The van der Waals surface area contributed by atoms with Crippen molar-refractivity contribution in [3.8, 4) is 11.5 Å². The van der Waals surface area contributed by atoms with E-state index < -0.39 is 65.5 Å². The molecule has 0 radical (unpaired) electrons. The van der Waals surface area contributed by atoms with Crippen molar-refractivity contribution in [3.63, 3.8) is 0 Å². The van der Waals surface area contributed by atoms with E-state index in [1.54, 1.807) is 0 Å². The second-order valence-electron chi connectivity index (χ2n) is 12.2. The van der Waals surface area contributed by atoms with E-state index in [1.165, 1.54) is 62.4 Å². The molecule has 276 valence electrons. The number of aliphatic hydroxyl groups excluding tert-OH is 1. The highest BCUT2D eigenvalue weighted by atomic mass is 16.6. The van der Waals surface area contributed by atoms with Gasteiger partial charge in [-0.05, 0) is 87.5 Å². The summed E-state index contributed by atoms with van der Waals surface area (Å²) in [5.74, 6) is -5.53. The lowest BCUT2D eigenvalue weighted by atomic mass is 9.93. The number of carbonyl (C=O) groups excluding carboxylic acids is 6. The third kappa shape index (κ3) is 11.3. The number of benzene rings is 3. The molecule has 0 heterocycles. The smallest absolute Gasteiger partial charge is 0.338 e. The van der Waals surface area contributed by atoms with Crippen molar-refractivity contribution < 1.29 is 72.6 Å². The molecule has 1 unspecified atom stereocenters. The van der Waals surface area contributed by atoms with Crippen molar-refractivity contribution in [3.05, 3.63) is 94.5 Å². The fourth-order valence-electron chi connectivity index (χ4n) is 4.18. The van der Waals surface area contributed by atoms with E-state index in [0.717, 1.165) is 32.0 Å². The molecular weight excluding hydrogens is 684 g/mol. The summed E-state index contributed by atoms with van der Waals surface area (Å²) in [4.78, 5) is 85.6. The van der Waals surface area contributed by atoms with E-state index in [9.17, 15) is 48.9 Å². The number of ether oxygens (including phenoxy) is 5. The van der Waals surface area contributed by atoms with Gasteiger partial charge in [-0.1, -0.05) is 0 Å². The monoisotopic (exact) mass is 722 g/mol. The van der Waals surface area contributed by atoms with Gasteiger partial charge in [0.15, 0.2) is 11.6 Å². The first kappa shape index (κ1) is 40.5. The van der Waals surface area contributed by atoms with Crippen molar-refractivity contribution in [2.45, 2.75) is 33.3 Å². The standard InChI is InChI=1S/C37H38O15/c1-22(39)30(40)23-5-9-28(10-6-23)48-13-15-50-32(42)25-17-26(19-27(18-25)34(44)52-21-37(4,20-38)35(45)46)33(43)51-16-14-49-29-11-7-24(8-12-29)31(41)36(2,3)47/h5-12,17-19,38,47H,13-16,20-21H2,1-4H3,(H,45,46). The van der Waals surface area contributed by atoms with Crippen LogP contribution in [0.2, 0.25) is 0 Å². The maximum absolute atomic E-state index is 13.0. The first-order valence-corrected chi connectivity index (χ1v) is 15.7. The number of Topliss-reactive ketones (excluding diaryl/α,β-unsaturated/α-hetero) is 3. The highest BCUT2D eigenvalue weighted by Gasteiger charge is 2.34. The van der Waals surface area contributed by atoms with Gasteiger partial charge < -0.3 is 39.0 Å². The Hall–Kier alpha value is -5.93. The van der Waals surface area contributed by atoms with Crippen LogP contribution in [0.5, 0.6) is 11.5 Å². The van der Waals surface area contributed by atoms with E-state index in [1.807, 2.05) is 0 Å². The molecule has 3 aromatic rings. The molecule has 15 heteroatoms. The SMILES string of the molecule is CC(=O)C(=O)c1ccc(OCCOC(=O)c2cc(C(=O)OCCOc3ccc(C(=O)C(C)(C)O)cc3)cc(C(=O)OCC(C)(CO)C(=O)O)c2)cc1. The molecule has 3 aromatic carbocycles. The number of rotatable bonds is 19. The Morgan fingerprint density at radius 1 is 0.596 bits per heavy atom.